The molecule has 0 saturated carbocycles. The summed E-state index contributed by atoms with van der Waals surface area (Å²) in [4.78, 5) is 10.4. The Labute approximate surface area is 109 Å². The third-order valence-electron chi connectivity index (χ3n) is 2.38. The Morgan fingerprint density at radius 1 is 1.42 bits per heavy atom. The molecule has 1 aromatic carbocycles. The van der Waals surface area contributed by atoms with Crippen molar-refractivity contribution in [3.8, 4) is 6.07 Å². The number of benzene rings is 1. The molecule has 1 heterocycles. The van der Waals surface area contributed by atoms with Crippen molar-refractivity contribution in [2.24, 2.45) is 0 Å². The van der Waals surface area contributed by atoms with E-state index in [1.54, 1.807) is 23.0 Å². The molecule has 94 valence electrons. The van der Waals surface area contributed by atoms with Crippen molar-refractivity contribution in [2.45, 2.75) is 6.54 Å². The smallest absolute Gasteiger partial charge is 0.328 e. The fourth-order valence-electron chi connectivity index (χ4n) is 1.50. The van der Waals surface area contributed by atoms with Crippen LogP contribution < -0.4 is 0 Å². The fraction of sp³-hybridized carbons (Fsp3) is 0.0769. The van der Waals surface area contributed by atoms with Crippen LogP contribution in [0.15, 0.2) is 36.5 Å². The lowest BCUT2D eigenvalue weighted by Gasteiger charge is -2.00. The van der Waals surface area contributed by atoms with Gasteiger partial charge in [-0.3, -0.25) is 0 Å². The number of hydrogen-bond acceptors (Lipinski definition) is 4. The molecule has 0 saturated heterocycles. The predicted molar refractivity (Wildman–Crippen MR) is 67.0 cm³/mol. The number of carboxylic acid groups (broad SMARTS) is 1. The van der Waals surface area contributed by atoms with Gasteiger partial charge in [0.05, 0.1) is 24.4 Å². The van der Waals surface area contributed by atoms with Crippen molar-refractivity contribution in [1.82, 2.24) is 15.0 Å². The summed E-state index contributed by atoms with van der Waals surface area (Å²) in [5.74, 6) is -1.03. The van der Waals surface area contributed by atoms with Crippen molar-refractivity contribution in [1.29, 1.82) is 5.26 Å². The Morgan fingerprint density at radius 3 is 2.79 bits per heavy atom. The molecule has 0 amide bonds. The average molecular weight is 254 g/mol. The molecule has 0 aliphatic heterocycles. The second kappa shape index (κ2) is 5.60. The van der Waals surface area contributed by atoms with Gasteiger partial charge in [0.1, 0.15) is 5.69 Å². The average Bonchev–Trinajstić information content (AvgIpc) is 2.85. The second-order valence-electron chi connectivity index (χ2n) is 3.82. The first-order valence-corrected chi connectivity index (χ1v) is 5.47. The number of aliphatic carboxylic acids is 1. The Bertz CT molecular complexity index is 650. The minimum Gasteiger partial charge on any atom is -0.478 e. The summed E-state index contributed by atoms with van der Waals surface area (Å²) in [6.45, 7) is 0.514. The van der Waals surface area contributed by atoms with Gasteiger partial charge in [0.15, 0.2) is 0 Å². The van der Waals surface area contributed by atoms with Gasteiger partial charge < -0.3 is 5.11 Å². The highest BCUT2D eigenvalue weighted by atomic mass is 16.4. The molecule has 0 unspecified atom stereocenters. The summed E-state index contributed by atoms with van der Waals surface area (Å²) in [5, 5.41) is 24.9. The van der Waals surface area contributed by atoms with Gasteiger partial charge in [-0.1, -0.05) is 17.3 Å². The minimum atomic E-state index is -1.03. The van der Waals surface area contributed by atoms with E-state index in [2.05, 4.69) is 10.3 Å². The molecule has 0 bridgehead atoms. The van der Waals surface area contributed by atoms with Crippen LogP contribution in [0, 0.1) is 11.3 Å². The largest absolute Gasteiger partial charge is 0.478 e. The molecule has 0 atom stereocenters. The monoisotopic (exact) mass is 254 g/mol. The normalized spacial score (nSPS) is 10.5. The third-order valence-corrected chi connectivity index (χ3v) is 2.38. The third kappa shape index (κ3) is 3.51. The molecule has 2 aromatic rings. The van der Waals surface area contributed by atoms with Crippen LogP contribution >= 0.6 is 0 Å². The quantitative estimate of drug-likeness (QED) is 0.830. The zero-order valence-electron chi connectivity index (χ0n) is 9.89. The standard InChI is InChI=1S/C13H10N4O2/c14-7-10-1-3-11(4-2-10)8-17-9-12(15-16-17)5-6-13(18)19/h1-6,9H,8H2,(H,18,19)/b6-5+. The summed E-state index contributed by atoms with van der Waals surface area (Å²) < 4.78 is 1.60. The molecule has 6 nitrogen and oxygen atoms in total. The first kappa shape index (κ1) is 12.5. The van der Waals surface area contributed by atoms with Crippen molar-refractivity contribution in [3.05, 3.63) is 53.4 Å². The molecule has 2 rings (SSSR count). The van der Waals surface area contributed by atoms with Gasteiger partial charge in [-0.25, -0.2) is 9.48 Å². The van der Waals surface area contributed by atoms with Gasteiger partial charge >= 0.3 is 5.97 Å². The number of hydrogen-bond donors (Lipinski definition) is 1. The molecule has 0 aliphatic rings. The predicted octanol–water partition coefficient (Wildman–Crippen LogP) is 1.30. The molecule has 0 spiro atoms. The van der Waals surface area contributed by atoms with E-state index in [-0.39, 0.29) is 0 Å². The number of carbonyl (C=O) groups is 1. The van der Waals surface area contributed by atoms with Crippen molar-refractivity contribution >= 4 is 12.0 Å². The Balaban J connectivity index is 2.07. The van der Waals surface area contributed by atoms with Crippen molar-refractivity contribution in [2.75, 3.05) is 0 Å². The highest BCUT2D eigenvalue weighted by Crippen LogP contribution is 2.06. The molecular weight excluding hydrogens is 244 g/mol. The number of rotatable bonds is 4. The highest BCUT2D eigenvalue weighted by molar-refractivity contribution is 5.84. The molecular formula is C13H10N4O2. The number of nitriles is 1. The van der Waals surface area contributed by atoms with E-state index < -0.39 is 5.97 Å². The lowest BCUT2D eigenvalue weighted by molar-refractivity contribution is -0.131. The number of nitrogens with zero attached hydrogens (tertiary/aromatic N) is 4. The molecule has 6 heteroatoms. The summed E-state index contributed by atoms with van der Waals surface area (Å²) in [6.07, 6.45) is 4.04. The summed E-state index contributed by atoms with van der Waals surface area (Å²) >= 11 is 0. The molecule has 0 aliphatic carbocycles. The van der Waals surface area contributed by atoms with Crippen LogP contribution in [0.3, 0.4) is 0 Å². The van der Waals surface area contributed by atoms with E-state index in [1.807, 2.05) is 18.2 Å². The van der Waals surface area contributed by atoms with Crippen LogP contribution in [0.1, 0.15) is 16.8 Å². The molecule has 1 aromatic heterocycles. The van der Waals surface area contributed by atoms with Crippen LogP contribution in [-0.2, 0) is 11.3 Å². The van der Waals surface area contributed by atoms with Crippen LogP contribution in [0.5, 0.6) is 0 Å². The SMILES string of the molecule is N#Cc1ccc(Cn2cc(/C=C/C(=O)O)nn2)cc1. The maximum atomic E-state index is 10.4. The van der Waals surface area contributed by atoms with Crippen LogP contribution in [-0.4, -0.2) is 26.1 Å². The summed E-state index contributed by atoms with van der Waals surface area (Å²) in [7, 11) is 0. The topological polar surface area (TPSA) is 91.8 Å². The van der Waals surface area contributed by atoms with Gasteiger partial charge in [0.2, 0.25) is 0 Å². The Kier molecular flexibility index (Phi) is 3.69. The maximum Gasteiger partial charge on any atom is 0.328 e. The molecule has 1 N–H and O–H groups in total. The van der Waals surface area contributed by atoms with Gasteiger partial charge in [0.25, 0.3) is 0 Å². The van der Waals surface area contributed by atoms with Gasteiger partial charge in [-0.15, -0.1) is 5.10 Å². The summed E-state index contributed by atoms with van der Waals surface area (Å²) in [6, 6.07) is 9.20. The first-order valence-electron chi connectivity index (χ1n) is 5.47. The lowest BCUT2D eigenvalue weighted by Crippen LogP contribution is -2.00. The molecule has 0 radical (unpaired) electrons. The Morgan fingerprint density at radius 2 is 2.16 bits per heavy atom. The van der Waals surface area contributed by atoms with E-state index in [9.17, 15) is 4.79 Å². The van der Waals surface area contributed by atoms with Crippen LogP contribution in [0.25, 0.3) is 6.08 Å². The molecule has 19 heavy (non-hydrogen) atoms. The zero-order valence-corrected chi connectivity index (χ0v) is 9.89. The number of aromatic nitrogens is 3. The van der Waals surface area contributed by atoms with E-state index >= 15 is 0 Å². The van der Waals surface area contributed by atoms with Crippen LogP contribution in [0.2, 0.25) is 0 Å². The van der Waals surface area contributed by atoms with Crippen molar-refractivity contribution < 1.29 is 9.90 Å². The van der Waals surface area contributed by atoms with Crippen molar-refractivity contribution in [3.63, 3.8) is 0 Å². The van der Waals surface area contributed by atoms with Crippen LogP contribution in [0.4, 0.5) is 0 Å². The highest BCUT2D eigenvalue weighted by Gasteiger charge is 2.00. The second-order valence-corrected chi connectivity index (χ2v) is 3.82. The molecule has 0 fully saturated rings. The van der Waals surface area contributed by atoms with Gasteiger partial charge in [-0.05, 0) is 23.8 Å². The van der Waals surface area contributed by atoms with E-state index in [0.29, 0.717) is 17.8 Å². The number of carboxylic acids is 1. The van der Waals surface area contributed by atoms with E-state index in [1.165, 1.54) is 6.08 Å². The van der Waals surface area contributed by atoms with Gasteiger partial charge in [0, 0.05) is 6.08 Å². The zero-order chi connectivity index (χ0) is 13.7. The maximum absolute atomic E-state index is 10.4. The van der Waals surface area contributed by atoms with E-state index in [4.69, 9.17) is 10.4 Å². The Hall–Kier alpha value is -2.94. The summed E-state index contributed by atoms with van der Waals surface area (Å²) in [5.41, 5.74) is 2.07. The van der Waals surface area contributed by atoms with E-state index in [0.717, 1.165) is 11.6 Å². The fourth-order valence-corrected chi connectivity index (χ4v) is 1.50. The first-order chi connectivity index (χ1) is 9.17. The lowest BCUT2D eigenvalue weighted by atomic mass is 10.1. The minimum absolute atomic E-state index is 0.482. The van der Waals surface area contributed by atoms with Gasteiger partial charge in [-0.2, -0.15) is 5.26 Å².